The van der Waals surface area contributed by atoms with Crippen LogP contribution in [0.2, 0.25) is 15.1 Å². The maximum atomic E-state index is 9.48. The molecule has 0 bridgehead atoms. The van der Waals surface area contributed by atoms with Crippen LogP contribution >= 0.6 is 50.7 Å². The molecule has 0 saturated heterocycles. The van der Waals surface area contributed by atoms with Gasteiger partial charge in [0.15, 0.2) is 5.75 Å². The van der Waals surface area contributed by atoms with Gasteiger partial charge in [0.2, 0.25) is 0 Å². The molecule has 0 aromatic heterocycles. The van der Waals surface area contributed by atoms with Crippen molar-refractivity contribution in [1.82, 2.24) is 0 Å². The average Bonchev–Trinajstić information content (AvgIpc) is 2.37. The highest BCUT2D eigenvalue weighted by Gasteiger charge is 2.07. The van der Waals surface area contributed by atoms with E-state index in [1.54, 1.807) is 12.1 Å². The normalized spacial score (nSPS) is 10.5. The zero-order chi connectivity index (χ0) is 14.0. The van der Waals surface area contributed by atoms with Crippen LogP contribution in [-0.2, 0) is 6.54 Å². The summed E-state index contributed by atoms with van der Waals surface area (Å²) >= 11 is 21.2. The predicted molar refractivity (Wildman–Crippen MR) is 84.6 cm³/mol. The zero-order valence-corrected chi connectivity index (χ0v) is 13.4. The van der Waals surface area contributed by atoms with Gasteiger partial charge in [0.25, 0.3) is 0 Å². The highest BCUT2D eigenvalue weighted by Crippen LogP contribution is 2.35. The molecule has 0 radical (unpaired) electrons. The zero-order valence-electron chi connectivity index (χ0n) is 9.55. The van der Waals surface area contributed by atoms with Crippen LogP contribution in [0.15, 0.2) is 34.8 Å². The number of hydrogen-bond acceptors (Lipinski definition) is 2. The molecule has 2 aromatic rings. The van der Waals surface area contributed by atoms with Crippen molar-refractivity contribution in [2.75, 3.05) is 5.32 Å². The van der Waals surface area contributed by atoms with Crippen LogP contribution in [-0.4, -0.2) is 5.11 Å². The molecular weight excluding hydrogens is 372 g/mol. The molecule has 0 saturated carbocycles. The molecule has 0 unspecified atom stereocenters. The molecule has 6 heteroatoms. The largest absolute Gasteiger partial charge is 0.505 e. The molecule has 2 aromatic carbocycles. The molecule has 0 spiro atoms. The summed E-state index contributed by atoms with van der Waals surface area (Å²) in [6, 6.07) is 8.84. The van der Waals surface area contributed by atoms with Crippen LogP contribution in [0.25, 0.3) is 0 Å². The molecule has 0 atom stereocenters. The van der Waals surface area contributed by atoms with E-state index in [4.69, 9.17) is 34.8 Å². The van der Waals surface area contributed by atoms with Crippen LogP contribution in [0.1, 0.15) is 5.56 Å². The van der Waals surface area contributed by atoms with Crippen molar-refractivity contribution in [1.29, 1.82) is 0 Å². The topological polar surface area (TPSA) is 32.3 Å². The second-order valence-electron chi connectivity index (χ2n) is 3.88. The van der Waals surface area contributed by atoms with Gasteiger partial charge in [0.05, 0.1) is 10.0 Å². The number of halogens is 4. The van der Waals surface area contributed by atoms with Crippen LogP contribution < -0.4 is 5.32 Å². The quantitative estimate of drug-likeness (QED) is 0.666. The Morgan fingerprint density at radius 1 is 1.00 bits per heavy atom. The highest BCUT2D eigenvalue weighted by molar-refractivity contribution is 9.10. The average molecular weight is 381 g/mol. The third-order valence-electron chi connectivity index (χ3n) is 2.51. The first kappa shape index (κ1) is 14.8. The Morgan fingerprint density at radius 3 is 2.26 bits per heavy atom. The van der Waals surface area contributed by atoms with Gasteiger partial charge in [0, 0.05) is 21.7 Å². The number of benzene rings is 2. The number of nitrogens with one attached hydrogen (secondary N) is 1. The predicted octanol–water partition coefficient (Wildman–Crippen LogP) is 5.73. The van der Waals surface area contributed by atoms with Crippen molar-refractivity contribution in [3.63, 3.8) is 0 Å². The van der Waals surface area contributed by atoms with Gasteiger partial charge >= 0.3 is 0 Å². The van der Waals surface area contributed by atoms with Gasteiger partial charge in [-0.3, -0.25) is 0 Å². The molecule has 0 aliphatic rings. The van der Waals surface area contributed by atoms with Gasteiger partial charge in [-0.05, 0) is 35.9 Å². The summed E-state index contributed by atoms with van der Waals surface area (Å²) in [7, 11) is 0. The Morgan fingerprint density at radius 2 is 1.63 bits per heavy atom. The number of hydrogen-bond donors (Lipinski definition) is 2. The monoisotopic (exact) mass is 379 g/mol. The van der Waals surface area contributed by atoms with E-state index >= 15 is 0 Å². The number of anilines is 1. The van der Waals surface area contributed by atoms with Crippen molar-refractivity contribution in [2.24, 2.45) is 0 Å². The minimum atomic E-state index is -0.116. The number of aromatic hydroxyl groups is 1. The first-order chi connectivity index (χ1) is 8.97. The lowest BCUT2D eigenvalue weighted by Gasteiger charge is -2.10. The van der Waals surface area contributed by atoms with Crippen LogP contribution in [0.4, 0.5) is 5.69 Å². The third-order valence-corrected chi connectivity index (χ3v) is 3.95. The molecule has 0 aliphatic carbocycles. The number of phenols is 1. The lowest BCUT2D eigenvalue weighted by Crippen LogP contribution is -2.00. The third kappa shape index (κ3) is 3.69. The molecule has 100 valence electrons. The summed E-state index contributed by atoms with van der Waals surface area (Å²) in [6.45, 7) is 0.524. The molecule has 2 nitrogen and oxygen atoms in total. The second kappa shape index (κ2) is 6.23. The van der Waals surface area contributed by atoms with Gasteiger partial charge in [-0.1, -0.05) is 50.7 Å². The van der Waals surface area contributed by atoms with Gasteiger partial charge in [-0.15, -0.1) is 0 Å². The molecule has 19 heavy (non-hydrogen) atoms. The van der Waals surface area contributed by atoms with Gasteiger partial charge in [0.1, 0.15) is 0 Å². The van der Waals surface area contributed by atoms with E-state index in [0.717, 1.165) is 10.0 Å². The first-order valence-electron chi connectivity index (χ1n) is 5.33. The molecule has 2 N–H and O–H groups in total. The van der Waals surface area contributed by atoms with Crippen molar-refractivity contribution < 1.29 is 5.11 Å². The highest BCUT2D eigenvalue weighted by atomic mass is 79.9. The van der Waals surface area contributed by atoms with E-state index in [9.17, 15) is 5.11 Å². The second-order valence-corrected chi connectivity index (χ2v) is 6.02. The van der Waals surface area contributed by atoms with E-state index in [0.29, 0.717) is 17.3 Å². The Bertz CT molecular complexity index is 596. The number of rotatable bonds is 3. The van der Waals surface area contributed by atoms with Crippen LogP contribution in [0.3, 0.4) is 0 Å². The summed E-state index contributed by atoms with van der Waals surface area (Å²) in [5, 5.41) is 13.7. The first-order valence-corrected chi connectivity index (χ1v) is 7.26. The van der Waals surface area contributed by atoms with E-state index in [2.05, 4.69) is 21.2 Å². The SMILES string of the molecule is Oc1c(Cl)cc(NCc2cc(Br)ccc2Cl)cc1Cl. The van der Waals surface area contributed by atoms with Crippen LogP contribution in [0.5, 0.6) is 5.75 Å². The summed E-state index contributed by atoms with van der Waals surface area (Å²) in [5.41, 5.74) is 1.65. The molecule has 0 amide bonds. The summed E-state index contributed by atoms with van der Waals surface area (Å²) < 4.78 is 0.954. The van der Waals surface area contributed by atoms with Gasteiger partial charge in [-0.2, -0.15) is 0 Å². The minimum Gasteiger partial charge on any atom is -0.505 e. The van der Waals surface area contributed by atoms with E-state index in [-0.39, 0.29) is 15.8 Å². The fraction of sp³-hybridized carbons (Fsp3) is 0.0769. The van der Waals surface area contributed by atoms with Gasteiger partial charge in [-0.25, -0.2) is 0 Å². The molecule has 0 heterocycles. The number of phenolic OH excluding ortho intramolecular Hbond substituents is 1. The summed E-state index contributed by atoms with van der Waals surface area (Å²) in [6.07, 6.45) is 0. The smallest absolute Gasteiger partial charge is 0.152 e. The maximum Gasteiger partial charge on any atom is 0.152 e. The van der Waals surface area contributed by atoms with Gasteiger partial charge < -0.3 is 10.4 Å². The minimum absolute atomic E-state index is 0.116. The van der Waals surface area contributed by atoms with E-state index in [1.165, 1.54) is 0 Å². The standard InChI is InChI=1S/C13H9BrCl3NO/c14-8-1-2-10(15)7(3-8)6-18-9-4-11(16)13(19)12(17)5-9/h1-5,18-19H,6H2. The van der Waals surface area contributed by atoms with E-state index in [1.807, 2.05) is 18.2 Å². The Balaban J connectivity index is 2.17. The molecule has 0 fully saturated rings. The Hall–Kier alpha value is -0.610. The fourth-order valence-electron chi connectivity index (χ4n) is 1.54. The van der Waals surface area contributed by atoms with Crippen molar-refractivity contribution in [3.05, 3.63) is 55.4 Å². The lowest BCUT2D eigenvalue weighted by molar-refractivity contribution is 0.476. The van der Waals surface area contributed by atoms with Crippen molar-refractivity contribution in [3.8, 4) is 5.75 Å². The maximum absolute atomic E-state index is 9.48. The van der Waals surface area contributed by atoms with Crippen molar-refractivity contribution >= 4 is 56.4 Å². The lowest BCUT2D eigenvalue weighted by atomic mass is 10.2. The summed E-state index contributed by atoms with van der Waals surface area (Å²) in [4.78, 5) is 0. The van der Waals surface area contributed by atoms with Crippen molar-refractivity contribution in [2.45, 2.75) is 6.54 Å². The molecule has 0 aliphatic heterocycles. The molecular formula is C13H9BrCl3NO. The van der Waals surface area contributed by atoms with E-state index < -0.39 is 0 Å². The molecule has 2 rings (SSSR count). The van der Waals surface area contributed by atoms with Crippen LogP contribution in [0, 0.1) is 0 Å². The fourth-order valence-corrected chi connectivity index (χ4v) is 2.62. The summed E-state index contributed by atoms with van der Waals surface area (Å²) in [5.74, 6) is -0.116. The Labute approximate surface area is 134 Å². The Kier molecular flexibility index (Phi) is 4.85.